The summed E-state index contributed by atoms with van der Waals surface area (Å²) in [6.07, 6.45) is -5.91. The van der Waals surface area contributed by atoms with Gasteiger partial charge in [0.05, 0.1) is 18.8 Å². The zero-order valence-electron chi connectivity index (χ0n) is 20.5. The summed E-state index contributed by atoms with van der Waals surface area (Å²) in [4.78, 5) is 49.4. The van der Waals surface area contributed by atoms with Gasteiger partial charge in [0.1, 0.15) is 0 Å². The van der Waals surface area contributed by atoms with E-state index in [2.05, 4.69) is 5.32 Å². The Morgan fingerprint density at radius 2 is 1.37 bits per heavy atom. The third-order valence-corrected chi connectivity index (χ3v) is 5.92. The van der Waals surface area contributed by atoms with Gasteiger partial charge >= 0.3 is 12.1 Å². The number of alkyl halides is 3. The number of hydrogen-bond acceptors (Lipinski definition) is 4. The minimum absolute atomic E-state index is 0.0135. The molecule has 9 heteroatoms. The third kappa shape index (κ3) is 8.12. The van der Waals surface area contributed by atoms with Gasteiger partial charge in [-0.15, -0.1) is 0 Å². The highest BCUT2D eigenvalue weighted by Crippen LogP contribution is 2.28. The molecule has 3 aromatic carbocycles. The number of carboxylic acids is 1. The molecule has 1 atom stereocenters. The normalized spacial score (nSPS) is 12.0. The lowest BCUT2D eigenvalue weighted by atomic mass is 9.84. The average molecular weight is 526 g/mol. The molecule has 0 spiro atoms. The maximum Gasteiger partial charge on any atom is 0.393 e. The molecule has 1 unspecified atom stereocenters. The number of carbonyl (C=O) groups is 4. The van der Waals surface area contributed by atoms with Gasteiger partial charge < -0.3 is 10.4 Å². The molecule has 6 nitrogen and oxygen atoms in total. The number of hydrogen-bond donors (Lipinski definition) is 2. The number of aliphatic carboxylic acids is 1. The molecular formula is C29H26F3NO5. The van der Waals surface area contributed by atoms with E-state index in [1.54, 1.807) is 24.3 Å². The van der Waals surface area contributed by atoms with Crippen LogP contribution >= 0.6 is 0 Å². The lowest BCUT2D eigenvalue weighted by Crippen LogP contribution is -2.26. The van der Waals surface area contributed by atoms with E-state index in [0.717, 1.165) is 5.56 Å². The van der Waals surface area contributed by atoms with Crippen molar-refractivity contribution in [2.45, 2.75) is 38.3 Å². The molecular weight excluding hydrogens is 499 g/mol. The molecule has 0 fully saturated rings. The first-order valence-electron chi connectivity index (χ1n) is 11.8. The molecule has 0 bridgehead atoms. The van der Waals surface area contributed by atoms with Crippen LogP contribution in [0.1, 0.15) is 66.5 Å². The van der Waals surface area contributed by atoms with Crippen molar-refractivity contribution < 1.29 is 37.5 Å². The second-order valence-electron chi connectivity index (χ2n) is 8.92. The molecule has 0 saturated heterocycles. The molecule has 198 valence electrons. The summed E-state index contributed by atoms with van der Waals surface area (Å²) in [5.74, 6) is -3.21. The summed E-state index contributed by atoms with van der Waals surface area (Å²) in [6, 6.07) is 18.0. The number of carboxylic acid groups (broad SMARTS) is 1. The van der Waals surface area contributed by atoms with Crippen LogP contribution in [-0.4, -0.2) is 41.3 Å². The highest BCUT2D eigenvalue weighted by Gasteiger charge is 2.29. The Balaban J connectivity index is 1.86. The maximum absolute atomic E-state index is 13.5. The van der Waals surface area contributed by atoms with Crippen molar-refractivity contribution in [2.75, 3.05) is 6.54 Å². The van der Waals surface area contributed by atoms with E-state index in [1.165, 1.54) is 48.5 Å². The topological polar surface area (TPSA) is 101 Å². The van der Waals surface area contributed by atoms with E-state index >= 15 is 0 Å². The summed E-state index contributed by atoms with van der Waals surface area (Å²) in [5, 5.41) is 11.2. The van der Waals surface area contributed by atoms with E-state index < -0.39 is 36.2 Å². The van der Waals surface area contributed by atoms with Crippen LogP contribution in [0.2, 0.25) is 0 Å². The van der Waals surface area contributed by atoms with Crippen LogP contribution in [0.4, 0.5) is 13.2 Å². The molecule has 0 aliphatic heterocycles. The number of carbonyl (C=O) groups excluding carboxylic acids is 3. The lowest BCUT2D eigenvalue weighted by Gasteiger charge is -2.17. The summed E-state index contributed by atoms with van der Waals surface area (Å²) in [7, 11) is 0. The summed E-state index contributed by atoms with van der Waals surface area (Å²) >= 11 is 0. The number of halogens is 3. The second kappa shape index (κ2) is 12.3. The number of nitrogens with one attached hydrogen (secondary N) is 1. The molecule has 0 aromatic heterocycles. The molecule has 0 radical (unpaired) electrons. The van der Waals surface area contributed by atoms with Gasteiger partial charge in [0.25, 0.3) is 5.91 Å². The van der Waals surface area contributed by atoms with Crippen LogP contribution in [-0.2, 0) is 11.2 Å². The second-order valence-corrected chi connectivity index (χ2v) is 8.92. The van der Waals surface area contributed by atoms with Gasteiger partial charge in [0.2, 0.25) is 0 Å². The van der Waals surface area contributed by atoms with E-state index in [0.29, 0.717) is 11.1 Å². The number of amides is 1. The monoisotopic (exact) mass is 525 g/mol. The highest BCUT2D eigenvalue weighted by atomic mass is 19.4. The summed E-state index contributed by atoms with van der Waals surface area (Å²) in [5.41, 5.74) is 2.25. The number of rotatable bonds is 11. The van der Waals surface area contributed by atoms with Gasteiger partial charge in [-0.05, 0) is 30.2 Å². The van der Waals surface area contributed by atoms with Crippen LogP contribution in [0, 0.1) is 6.92 Å². The van der Waals surface area contributed by atoms with Gasteiger partial charge in [0, 0.05) is 29.7 Å². The Morgan fingerprint density at radius 1 is 0.816 bits per heavy atom. The molecule has 2 N–H and O–H groups in total. The van der Waals surface area contributed by atoms with Gasteiger partial charge in [-0.25, -0.2) is 0 Å². The molecule has 1 amide bonds. The molecule has 3 aromatic rings. The standard InChI is InChI=1S/C29H26F3NO5/c1-18-2-6-21(7-3-18)25(34)16-24(27(37)22-8-4-19(5-9-22)17-29(30,31)32)20-10-12-23(13-11-20)28(38)33-15-14-26(35)36/h2-13,24H,14-17H2,1H3,(H,33,38)(H,35,36). The maximum atomic E-state index is 13.5. The molecule has 0 heterocycles. The Morgan fingerprint density at radius 3 is 1.92 bits per heavy atom. The first-order chi connectivity index (χ1) is 17.9. The first kappa shape index (κ1) is 28.3. The minimum atomic E-state index is -4.38. The van der Waals surface area contributed by atoms with Crippen molar-refractivity contribution >= 4 is 23.4 Å². The Labute approximate surface area is 217 Å². The molecule has 0 saturated carbocycles. The molecule has 0 aliphatic carbocycles. The fourth-order valence-corrected chi connectivity index (χ4v) is 3.88. The number of benzene rings is 3. The predicted molar refractivity (Wildman–Crippen MR) is 134 cm³/mol. The van der Waals surface area contributed by atoms with Crippen LogP contribution in [0.25, 0.3) is 0 Å². The van der Waals surface area contributed by atoms with E-state index in [9.17, 15) is 32.3 Å². The van der Waals surface area contributed by atoms with Crippen LogP contribution < -0.4 is 5.32 Å². The van der Waals surface area contributed by atoms with Gasteiger partial charge in [-0.3, -0.25) is 19.2 Å². The first-order valence-corrected chi connectivity index (χ1v) is 11.8. The zero-order chi connectivity index (χ0) is 27.9. The van der Waals surface area contributed by atoms with Crippen LogP contribution in [0.3, 0.4) is 0 Å². The lowest BCUT2D eigenvalue weighted by molar-refractivity contribution is -0.136. The number of aryl methyl sites for hydroxylation is 1. The fourth-order valence-electron chi connectivity index (χ4n) is 3.88. The highest BCUT2D eigenvalue weighted by molar-refractivity contribution is 6.06. The van der Waals surface area contributed by atoms with Gasteiger partial charge in [-0.2, -0.15) is 13.2 Å². The fraction of sp³-hybridized carbons (Fsp3) is 0.241. The molecule has 3 rings (SSSR count). The molecule has 0 aliphatic rings. The average Bonchev–Trinajstić information content (AvgIpc) is 2.86. The van der Waals surface area contributed by atoms with Crippen LogP contribution in [0.15, 0.2) is 72.8 Å². The zero-order valence-corrected chi connectivity index (χ0v) is 20.5. The Bertz CT molecular complexity index is 1300. The number of Topliss-reactive ketones (excluding diaryl/α,β-unsaturated/α-hetero) is 2. The summed E-state index contributed by atoms with van der Waals surface area (Å²) < 4.78 is 38.1. The van der Waals surface area contributed by atoms with E-state index in [1.807, 2.05) is 6.92 Å². The quantitative estimate of drug-likeness (QED) is 0.320. The van der Waals surface area contributed by atoms with Crippen LogP contribution in [0.5, 0.6) is 0 Å². The van der Waals surface area contributed by atoms with Gasteiger partial charge in [0.15, 0.2) is 11.6 Å². The number of ketones is 2. The van der Waals surface area contributed by atoms with Gasteiger partial charge in [-0.1, -0.05) is 66.2 Å². The van der Waals surface area contributed by atoms with Crippen molar-refractivity contribution in [2.24, 2.45) is 0 Å². The third-order valence-electron chi connectivity index (χ3n) is 5.92. The minimum Gasteiger partial charge on any atom is -0.481 e. The van der Waals surface area contributed by atoms with Crippen molar-refractivity contribution in [1.82, 2.24) is 5.32 Å². The Hall–Kier alpha value is -4.27. The predicted octanol–water partition coefficient (Wildman–Crippen LogP) is 5.54. The van der Waals surface area contributed by atoms with Crippen molar-refractivity contribution in [3.63, 3.8) is 0 Å². The van der Waals surface area contributed by atoms with E-state index in [-0.39, 0.29) is 41.9 Å². The van der Waals surface area contributed by atoms with Crippen molar-refractivity contribution in [1.29, 1.82) is 0 Å². The smallest absolute Gasteiger partial charge is 0.393 e. The molecule has 38 heavy (non-hydrogen) atoms. The Kier molecular flexibility index (Phi) is 9.17. The SMILES string of the molecule is Cc1ccc(C(=O)CC(C(=O)c2ccc(CC(F)(F)F)cc2)c2ccc(C(=O)NCCC(=O)O)cc2)cc1. The largest absolute Gasteiger partial charge is 0.481 e. The van der Waals surface area contributed by atoms with E-state index in [4.69, 9.17) is 5.11 Å². The van der Waals surface area contributed by atoms with Crippen molar-refractivity contribution in [3.05, 3.63) is 106 Å². The van der Waals surface area contributed by atoms with Crippen molar-refractivity contribution in [3.8, 4) is 0 Å². The summed E-state index contributed by atoms with van der Waals surface area (Å²) in [6.45, 7) is 1.83.